The van der Waals surface area contributed by atoms with Crippen LogP contribution in [0.1, 0.15) is 86.0 Å². The first-order chi connectivity index (χ1) is 9.56. The van der Waals surface area contributed by atoms with E-state index >= 15 is 0 Å². The molecule has 1 aliphatic carbocycles. The highest BCUT2D eigenvalue weighted by atomic mass is 14.9. The SMILES string of the molecule is CCC[C@H]1CC[C@@H](CC)CC1CC(C)CCNC(C)C. The van der Waals surface area contributed by atoms with Gasteiger partial charge in [0.1, 0.15) is 0 Å². The van der Waals surface area contributed by atoms with E-state index in [0.29, 0.717) is 6.04 Å². The number of nitrogens with one attached hydrogen (secondary N) is 1. The summed E-state index contributed by atoms with van der Waals surface area (Å²) in [6, 6.07) is 0.634. The van der Waals surface area contributed by atoms with Crippen molar-refractivity contribution in [1.29, 1.82) is 0 Å². The van der Waals surface area contributed by atoms with Crippen molar-refractivity contribution < 1.29 is 0 Å². The van der Waals surface area contributed by atoms with Crippen LogP contribution in [0.15, 0.2) is 0 Å². The summed E-state index contributed by atoms with van der Waals surface area (Å²) in [5, 5.41) is 3.57. The zero-order valence-electron chi connectivity index (χ0n) is 14.8. The van der Waals surface area contributed by atoms with Crippen LogP contribution in [0.3, 0.4) is 0 Å². The van der Waals surface area contributed by atoms with E-state index in [9.17, 15) is 0 Å². The van der Waals surface area contributed by atoms with Gasteiger partial charge in [-0.15, -0.1) is 0 Å². The topological polar surface area (TPSA) is 12.0 Å². The highest BCUT2D eigenvalue weighted by Crippen LogP contribution is 2.41. The van der Waals surface area contributed by atoms with Gasteiger partial charge in [0.05, 0.1) is 0 Å². The summed E-state index contributed by atoms with van der Waals surface area (Å²) in [7, 11) is 0. The van der Waals surface area contributed by atoms with Gasteiger partial charge in [0, 0.05) is 6.04 Å². The Morgan fingerprint density at radius 3 is 2.40 bits per heavy atom. The Kier molecular flexibility index (Phi) is 8.84. The number of hydrogen-bond donors (Lipinski definition) is 1. The van der Waals surface area contributed by atoms with Gasteiger partial charge >= 0.3 is 0 Å². The van der Waals surface area contributed by atoms with Crippen LogP contribution in [-0.2, 0) is 0 Å². The molecule has 0 aromatic rings. The van der Waals surface area contributed by atoms with Crippen LogP contribution in [0.2, 0.25) is 0 Å². The first-order valence-corrected chi connectivity index (χ1v) is 9.30. The molecule has 1 aliphatic rings. The molecule has 0 bridgehead atoms. The third-order valence-corrected chi connectivity index (χ3v) is 5.38. The van der Waals surface area contributed by atoms with Gasteiger partial charge in [-0.1, -0.05) is 60.3 Å². The Labute approximate surface area is 128 Å². The summed E-state index contributed by atoms with van der Waals surface area (Å²) in [6.07, 6.45) is 11.6. The predicted molar refractivity (Wildman–Crippen MR) is 91.1 cm³/mol. The molecule has 0 heterocycles. The Bertz CT molecular complexity index is 236. The first kappa shape index (κ1) is 18.0. The molecule has 1 saturated carbocycles. The van der Waals surface area contributed by atoms with Crippen molar-refractivity contribution >= 4 is 0 Å². The fraction of sp³-hybridized carbons (Fsp3) is 1.00. The van der Waals surface area contributed by atoms with Gasteiger partial charge in [0.25, 0.3) is 0 Å². The van der Waals surface area contributed by atoms with Crippen molar-refractivity contribution in [2.45, 2.75) is 92.0 Å². The molecule has 1 heteroatoms. The summed E-state index contributed by atoms with van der Waals surface area (Å²) in [6.45, 7) is 12.9. The lowest BCUT2D eigenvalue weighted by atomic mass is 9.68. The van der Waals surface area contributed by atoms with Crippen molar-refractivity contribution in [3.8, 4) is 0 Å². The van der Waals surface area contributed by atoms with Crippen molar-refractivity contribution in [1.82, 2.24) is 5.32 Å². The van der Waals surface area contributed by atoms with E-state index in [2.05, 4.69) is 39.9 Å². The molecule has 1 fully saturated rings. The summed E-state index contributed by atoms with van der Waals surface area (Å²) in [5.41, 5.74) is 0. The van der Waals surface area contributed by atoms with Gasteiger partial charge in [0.15, 0.2) is 0 Å². The van der Waals surface area contributed by atoms with Crippen LogP contribution >= 0.6 is 0 Å². The maximum Gasteiger partial charge on any atom is 0.00103 e. The molecule has 4 atom stereocenters. The lowest BCUT2D eigenvalue weighted by molar-refractivity contribution is 0.139. The Morgan fingerprint density at radius 2 is 1.80 bits per heavy atom. The van der Waals surface area contributed by atoms with E-state index in [0.717, 1.165) is 23.7 Å². The molecule has 0 aromatic heterocycles. The summed E-state index contributed by atoms with van der Waals surface area (Å²) >= 11 is 0. The quantitative estimate of drug-likeness (QED) is 0.576. The van der Waals surface area contributed by atoms with Crippen LogP contribution in [0.25, 0.3) is 0 Å². The highest BCUT2D eigenvalue weighted by Gasteiger charge is 2.29. The minimum absolute atomic E-state index is 0.634. The molecule has 120 valence electrons. The molecular formula is C19H39N. The van der Waals surface area contributed by atoms with E-state index in [1.807, 2.05) is 0 Å². The molecule has 2 unspecified atom stereocenters. The molecule has 0 saturated heterocycles. The molecule has 0 aliphatic heterocycles. The second-order valence-electron chi connectivity index (χ2n) is 7.63. The third-order valence-electron chi connectivity index (χ3n) is 5.38. The highest BCUT2D eigenvalue weighted by molar-refractivity contribution is 4.81. The molecule has 0 amide bonds. The molecule has 0 spiro atoms. The monoisotopic (exact) mass is 281 g/mol. The maximum absolute atomic E-state index is 3.57. The van der Waals surface area contributed by atoms with Crippen LogP contribution < -0.4 is 5.32 Å². The Morgan fingerprint density at radius 1 is 1.05 bits per heavy atom. The van der Waals surface area contributed by atoms with Crippen molar-refractivity contribution in [2.24, 2.45) is 23.7 Å². The molecule has 1 N–H and O–H groups in total. The molecule has 20 heavy (non-hydrogen) atoms. The second kappa shape index (κ2) is 9.82. The minimum Gasteiger partial charge on any atom is -0.315 e. The molecular weight excluding hydrogens is 242 g/mol. The lowest BCUT2D eigenvalue weighted by Crippen LogP contribution is -2.28. The van der Waals surface area contributed by atoms with Crippen LogP contribution in [0, 0.1) is 23.7 Å². The first-order valence-electron chi connectivity index (χ1n) is 9.30. The zero-order chi connectivity index (χ0) is 15.0. The lowest BCUT2D eigenvalue weighted by Gasteiger charge is -2.37. The van der Waals surface area contributed by atoms with Gasteiger partial charge in [0.2, 0.25) is 0 Å². The number of hydrogen-bond acceptors (Lipinski definition) is 1. The van der Waals surface area contributed by atoms with Crippen LogP contribution in [0.5, 0.6) is 0 Å². The maximum atomic E-state index is 3.57. The van der Waals surface area contributed by atoms with Crippen LogP contribution in [-0.4, -0.2) is 12.6 Å². The van der Waals surface area contributed by atoms with E-state index < -0.39 is 0 Å². The zero-order valence-corrected chi connectivity index (χ0v) is 14.8. The smallest absolute Gasteiger partial charge is 0.00103 e. The van der Waals surface area contributed by atoms with Gasteiger partial charge < -0.3 is 5.32 Å². The second-order valence-corrected chi connectivity index (χ2v) is 7.63. The van der Waals surface area contributed by atoms with E-state index in [4.69, 9.17) is 0 Å². The van der Waals surface area contributed by atoms with Gasteiger partial charge in [-0.2, -0.15) is 0 Å². The normalized spacial score (nSPS) is 28.8. The summed E-state index contributed by atoms with van der Waals surface area (Å²) in [4.78, 5) is 0. The van der Waals surface area contributed by atoms with E-state index in [1.165, 1.54) is 57.9 Å². The average Bonchev–Trinajstić information content (AvgIpc) is 2.40. The third kappa shape index (κ3) is 6.61. The van der Waals surface area contributed by atoms with E-state index in [-0.39, 0.29) is 0 Å². The van der Waals surface area contributed by atoms with Crippen molar-refractivity contribution in [3.63, 3.8) is 0 Å². The van der Waals surface area contributed by atoms with Gasteiger partial charge in [-0.05, 0) is 55.9 Å². The standard InChI is InChI=1S/C19H39N/c1-6-8-18-10-9-17(7-2)14-19(18)13-16(5)11-12-20-15(3)4/h15-20H,6-14H2,1-5H3/t16?,17-,18+,19?/m1/s1. The van der Waals surface area contributed by atoms with Gasteiger partial charge in [-0.3, -0.25) is 0 Å². The summed E-state index contributed by atoms with van der Waals surface area (Å²) < 4.78 is 0. The molecule has 1 rings (SSSR count). The molecule has 1 nitrogen and oxygen atoms in total. The minimum atomic E-state index is 0.634. The van der Waals surface area contributed by atoms with Gasteiger partial charge in [-0.25, -0.2) is 0 Å². The fourth-order valence-electron chi connectivity index (χ4n) is 4.09. The summed E-state index contributed by atoms with van der Waals surface area (Å²) in [5.74, 6) is 3.96. The molecule has 0 aromatic carbocycles. The Balaban J connectivity index is 2.38. The molecule has 0 radical (unpaired) electrons. The fourth-order valence-corrected chi connectivity index (χ4v) is 4.09. The predicted octanol–water partition coefficient (Wildman–Crippen LogP) is 5.64. The van der Waals surface area contributed by atoms with Crippen molar-refractivity contribution in [3.05, 3.63) is 0 Å². The Hall–Kier alpha value is -0.0400. The van der Waals surface area contributed by atoms with Crippen molar-refractivity contribution in [2.75, 3.05) is 6.54 Å². The largest absolute Gasteiger partial charge is 0.315 e. The average molecular weight is 282 g/mol. The van der Waals surface area contributed by atoms with E-state index in [1.54, 1.807) is 0 Å². The number of rotatable bonds is 9. The van der Waals surface area contributed by atoms with Crippen LogP contribution in [0.4, 0.5) is 0 Å².